The van der Waals surface area contributed by atoms with Crippen LogP contribution in [0.1, 0.15) is 41.5 Å². The summed E-state index contributed by atoms with van der Waals surface area (Å²) in [4.78, 5) is 0. The van der Waals surface area contributed by atoms with E-state index < -0.39 is 52.1 Å². The number of rotatable bonds is 5. The zero-order valence-electron chi connectivity index (χ0n) is 18.1. The van der Waals surface area contributed by atoms with E-state index >= 15 is 0 Å². The minimum absolute atomic E-state index is 0.313. The van der Waals surface area contributed by atoms with Gasteiger partial charge in [0.1, 0.15) is 0 Å². The Morgan fingerprint density at radius 2 is 1.37 bits per heavy atom. The number of hydrogen-bond donors (Lipinski definition) is 3. The van der Waals surface area contributed by atoms with E-state index in [-0.39, 0.29) is 5.04 Å². The molecule has 0 amide bonds. The zero-order valence-corrected chi connectivity index (χ0v) is 20.1. The van der Waals surface area contributed by atoms with E-state index in [4.69, 9.17) is 13.6 Å². The average Bonchev–Trinajstić information content (AvgIpc) is 2.55. The van der Waals surface area contributed by atoms with Gasteiger partial charge in [-0.3, -0.25) is 0 Å². The largest absolute Gasteiger partial charge is 0.390 e. The van der Waals surface area contributed by atoms with Crippen LogP contribution in [0.25, 0.3) is 0 Å². The molecule has 1 fully saturated rings. The third kappa shape index (κ3) is 4.47. The van der Waals surface area contributed by atoms with Gasteiger partial charge in [-0.1, -0.05) is 41.5 Å². The first-order valence-corrected chi connectivity index (χ1v) is 14.9. The molecule has 1 aliphatic heterocycles. The second kappa shape index (κ2) is 7.08. The van der Waals surface area contributed by atoms with Crippen molar-refractivity contribution in [3.8, 4) is 0 Å². The van der Waals surface area contributed by atoms with Crippen LogP contribution in [-0.2, 0) is 13.6 Å². The van der Waals surface area contributed by atoms with Gasteiger partial charge in [-0.2, -0.15) is 8.78 Å². The van der Waals surface area contributed by atoms with Gasteiger partial charge < -0.3 is 28.9 Å². The highest BCUT2D eigenvalue weighted by Gasteiger charge is 2.74. The Morgan fingerprint density at radius 3 is 1.74 bits per heavy atom. The minimum atomic E-state index is -4.13. The van der Waals surface area contributed by atoms with Crippen molar-refractivity contribution in [2.75, 3.05) is 0 Å². The molecule has 1 rings (SSSR count). The zero-order chi connectivity index (χ0) is 21.9. The van der Waals surface area contributed by atoms with Crippen LogP contribution in [0.15, 0.2) is 0 Å². The second-order valence-electron chi connectivity index (χ2n) is 10.4. The molecule has 4 atom stereocenters. The van der Waals surface area contributed by atoms with Crippen molar-refractivity contribution < 1.29 is 37.7 Å². The molecule has 0 radical (unpaired) electrons. The lowest BCUT2D eigenvalue weighted by molar-refractivity contribution is -0.305. The van der Waals surface area contributed by atoms with Crippen LogP contribution in [-0.4, -0.2) is 62.3 Å². The SMILES string of the molecule is CC(C)(C)[Si](C)(C)OC(O)[C@H]1OC(O)C(F)(F)[C@@]1(O)O[Si](C)(C)C(C)(C)C. The number of ether oxygens (including phenoxy) is 1. The number of halogens is 2. The molecule has 2 unspecified atom stereocenters. The summed E-state index contributed by atoms with van der Waals surface area (Å²) in [5, 5.41) is 30.3. The Bertz CT molecular complexity index is 545. The Hall–Kier alpha value is 0.0538. The van der Waals surface area contributed by atoms with Gasteiger partial charge in [0.2, 0.25) is 6.29 Å². The molecule has 1 heterocycles. The highest BCUT2D eigenvalue weighted by atomic mass is 28.4. The van der Waals surface area contributed by atoms with Crippen LogP contribution in [0.5, 0.6) is 0 Å². The van der Waals surface area contributed by atoms with Crippen LogP contribution < -0.4 is 0 Å². The summed E-state index contributed by atoms with van der Waals surface area (Å²) in [5.74, 6) is -7.35. The number of hydrogen-bond acceptors (Lipinski definition) is 6. The highest BCUT2D eigenvalue weighted by molar-refractivity contribution is 6.74. The van der Waals surface area contributed by atoms with Crippen LogP contribution in [0.3, 0.4) is 0 Å². The van der Waals surface area contributed by atoms with Crippen molar-refractivity contribution in [3.05, 3.63) is 0 Å². The first kappa shape index (κ1) is 25.1. The van der Waals surface area contributed by atoms with Crippen LogP contribution in [0.2, 0.25) is 36.3 Å². The predicted molar refractivity (Wildman–Crippen MR) is 103 cm³/mol. The fourth-order valence-electron chi connectivity index (χ4n) is 2.15. The van der Waals surface area contributed by atoms with Gasteiger partial charge in [0, 0.05) is 0 Å². The number of aliphatic hydroxyl groups is 3. The lowest BCUT2D eigenvalue weighted by Crippen LogP contribution is -2.64. The van der Waals surface area contributed by atoms with Gasteiger partial charge in [0.15, 0.2) is 29.0 Å². The van der Waals surface area contributed by atoms with E-state index in [2.05, 4.69) is 0 Å². The van der Waals surface area contributed by atoms with Crippen LogP contribution >= 0.6 is 0 Å². The van der Waals surface area contributed by atoms with Crippen molar-refractivity contribution in [3.63, 3.8) is 0 Å². The Balaban J connectivity index is 3.29. The molecule has 0 aromatic rings. The summed E-state index contributed by atoms with van der Waals surface area (Å²) in [5.41, 5.74) is 0. The minimum Gasteiger partial charge on any atom is -0.390 e. The van der Waals surface area contributed by atoms with Gasteiger partial charge in [0.25, 0.3) is 5.79 Å². The smallest absolute Gasteiger partial charge is 0.351 e. The van der Waals surface area contributed by atoms with Gasteiger partial charge in [-0.25, -0.2) is 0 Å². The molecule has 1 saturated heterocycles. The first-order valence-electron chi connectivity index (χ1n) is 9.10. The third-order valence-corrected chi connectivity index (χ3v) is 15.0. The maximum Gasteiger partial charge on any atom is 0.351 e. The van der Waals surface area contributed by atoms with E-state index in [1.165, 1.54) is 0 Å². The van der Waals surface area contributed by atoms with E-state index in [0.29, 0.717) is 0 Å². The Morgan fingerprint density at radius 1 is 0.963 bits per heavy atom. The van der Waals surface area contributed by atoms with E-state index in [1.54, 1.807) is 13.1 Å². The van der Waals surface area contributed by atoms with Crippen molar-refractivity contribution >= 4 is 16.6 Å². The first-order chi connectivity index (χ1) is 11.6. The molecule has 6 nitrogen and oxygen atoms in total. The highest BCUT2D eigenvalue weighted by Crippen LogP contribution is 2.50. The van der Waals surface area contributed by atoms with Gasteiger partial charge in [0.05, 0.1) is 0 Å². The topological polar surface area (TPSA) is 88.4 Å². The Kier molecular flexibility index (Phi) is 6.58. The maximum atomic E-state index is 14.7. The fraction of sp³-hybridized carbons (Fsp3) is 1.00. The third-order valence-electron chi connectivity index (χ3n) is 6.15. The summed E-state index contributed by atoms with van der Waals surface area (Å²) in [6.45, 7) is 18.3. The monoisotopic (exact) mass is 430 g/mol. The average molecular weight is 431 g/mol. The molecule has 10 heteroatoms. The van der Waals surface area contributed by atoms with Gasteiger partial charge in [-0.05, 0) is 36.3 Å². The molecule has 162 valence electrons. The molecule has 0 aromatic carbocycles. The van der Waals surface area contributed by atoms with Crippen LogP contribution in [0, 0.1) is 0 Å². The summed E-state index contributed by atoms with van der Waals surface area (Å²) in [7, 11) is -5.49. The second-order valence-corrected chi connectivity index (χ2v) is 19.8. The summed E-state index contributed by atoms with van der Waals surface area (Å²) >= 11 is 0. The van der Waals surface area contributed by atoms with Crippen molar-refractivity contribution in [1.29, 1.82) is 0 Å². The molecule has 27 heavy (non-hydrogen) atoms. The molecule has 0 bridgehead atoms. The lowest BCUT2D eigenvalue weighted by atomic mass is 10.1. The summed E-state index contributed by atoms with van der Waals surface area (Å²) in [6.07, 6.45) is -6.45. The molecule has 0 aromatic heterocycles. The quantitative estimate of drug-likeness (QED) is 0.458. The van der Waals surface area contributed by atoms with Gasteiger partial charge >= 0.3 is 5.92 Å². The van der Waals surface area contributed by atoms with Crippen molar-refractivity contribution in [1.82, 2.24) is 0 Å². The number of aliphatic hydroxyl groups excluding tert-OH is 2. The molecule has 3 N–H and O–H groups in total. The number of alkyl halides is 2. The molecule has 1 aliphatic rings. The van der Waals surface area contributed by atoms with E-state index in [1.807, 2.05) is 54.6 Å². The molecule has 0 aliphatic carbocycles. The fourth-order valence-corrected chi connectivity index (χ4v) is 4.57. The standard InChI is InChI=1S/C17H36F2O6Si2/c1-14(2,3)26(7,8)24-12(20)11-17(22,16(18,19)13(21)23-11)25-27(9,10)15(4,5)6/h11-13,20-22H,1-10H3/t11-,12?,13?,17+/m1/s1. The van der Waals surface area contributed by atoms with Gasteiger partial charge in [-0.15, -0.1) is 0 Å². The van der Waals surface area contributed by atoms with E-state index in [0.717, 1.165) is 0 Å². The molecular weight excluding hydrogens is 394 g/mol. The molecule has 0 saturated carbocycles. The van der Waals surface area contributed by atoms with E-state index in [9.17, 15) is 24.1 Å². The maximum absolute atomic E-state index is 14.7. The summed E-state index contributed by atoms with van der Waals surface area (Å²) < 4.78 is 45.6. The Labute approximate surface area is 163 Å². The predicted octanol–water partition coefficient (Wildman–Crippen LogP) is 3.39. The summed E-state index contributed by atoms with van der Waals surface area (Å²) in [6, 6.07) is 0. The van der Waals surface area contributed by atoms with Crippen LogP contribution in [0.4, 0.5) is 8.78 Å². The molecular formula is C17H36F2O6Si2. The lowest BCUT2D eigenvalue weighted by Gasteiger charge is -2.46. The molecule has 0 spiro atoms. The van der Waals surface area contributed by atoms with Crippen molar-refractivity contribution in [2.24, 2.45) is 0 Å². The van der Waals surface area contributed by atoms with Crippen molar-refractivity contribution in [2.45, 2.75) is 108 Å². The normalized spacial score (nSPS) is 31.2.